The molecule has 3 N–H and O–H groups in total. The Kier molecular flexibility index (Phi) is 4.47. The van der Waals surface area contributed by atoms with Crippen LogP contribution < -0.4 is 10.6 Å². The summed E-state index contributed by atoms with van der Waals surface area (Å²) in [5.41, 5.74) is 5.80. The van der Waals surface area contributed by atoms with Crippen LogP contribution in [-0.4, -0.2) is 24.2 Å². The van der Waals surface area contributed by atoms with Crippen LogP contribution in [0.2, 0.25) is 0 Å². The zero-order valence-electron chi connectivity index (χ0n) is 11.7. The Hall–Kier alpha value is -1.78. The normalized spacial score (nSPS) is 16.7. The lowest BCUT2D eigenvalue weighted by Gasteiger charge is -2.30. The summed E-state index contributed by atoms with van der Waals surface area (Å²) in [6.07, 6.45) is 6.74. The first-order valence-corrected chi connectivity index (χ1v) is 7.06. The predicted molar refractivity (Wildman–Crippen MR) is 77.7 cm³/mol. The van der Waals surface area contributed by atoms with Crippen LogP contribution in [0.5, 0.6) is 0 Å². The molecule has 0 amide bonds. The lowest BCUT2D eigenvalue weighted by molar-refractivity contribution is 0.0698. The summed E-state index contributed by atoms with van der Waals surface area (Å²) in [6.45, 7) is 0. The molecule has 1 saturated carbocycles. The Bertz CT molecular complexity index is 497. The van der Waals surface area contributed by atoms with E-state index in [0.29, 0.717) is 5.69 Å². The fourth-order valence-electron chi connectivity index (χ4n) is 2.87. The monoisotopic (exact) mass is 280 g/mol. The predicted octanol–water partition coefficient (Wildman–Crippen LogP) is 3.27. The molecule has 1 aromatic rings. The van der Waals surface area contributed by atoms with Crippen molar-refractivity contribution in [2.24, 2.45) is 0 Å². The number of carbonyl (C=O) groups is 1. The highest BCUT2D eigenvalue weighted by Gasteiger charge is 2.22. The van der Waals surface area contributed by atoms with Gasteiger partial charge >= 0.3 is 5.97 Å². The molecule has 20 heavy (non-hydrogen) atoms. The maximum Gasteiger partial charge on any atom is 0.337 e. The summed E-state index contributed by atoms with van der Waals surface area (Å²) in [5, 5.41) is 9.10. The molecular formula is C15H21FN2O2. The minimum Gasteiger partial charge on any atom is -0.478 e. The quantitative estimate of drug-likeness (QED) is 0.658. The first-order valence-electron chi connectivity index (χ1n) is 7.06. The van der Waals surface area contributed by atoms with E-state index in [1.807, 2.05) is 11.9 Å². The van der Waals surface area contributed by atoms with Gasteiger partial charge < -0.3 is 15.7 Å². The van der Waals surface area contributed by atoms with Crippen LogP contribution in [0.25, 0.3) is 0 Å². The van der Waals surface area contributed by atoms with Crippen molar-refractivity contribution in [1.29, 1.82) is 0 Å². The Morgan fingerprint density at radius 1 is 1.30 bits per heavy atom. The van der Waals surface area contributed by atoms with Gasteiger partial charge in [0.25, 0.3) is 0 Å². The molecule has 1 aliphatic carbocycles. The SMILES string of the molecule is CN(c1cc(C(=O)O)c(N)cc1F)C1CCCCCC1. The molecule has 0 spiro atoms. The minimum atomic E-state index is -1.13. The fraction of sp³-hybridized carbons (Fsp3) is 0.533. The number of aromatic carboxylic acids is 1. The van der Waals surface area contributed by atoms with Gasteiger partial charge in [-0.1, -0.05) is 25.7 Å². The van der Waals surface area contributed by atoms with Gasteiger partial charge in [0.05, 0.1) is 11.3 Å². The summed E-state index contributed by atoms with van der Waals surface area (Å²) >= 11 is 0. The van der Waals surface area contributed by atoms with E-state index in [4.69, 9.17) is 10.8 Å². The standard InChI is InChI=1S/C15H21FN2O2/c1-18(10-6-4-2-3-5-7-10)14-8-11(15(19)20)13(17)9-12(14)16/h8-10H,2-7,17H2,1H3,(H,19,20). The van der Waals surface area contributed by atoms with E-state index in [0.717, 1.165) is 31.7 Å². The van der Waals surface area contributed by atoms with Crippen LogP contribution in [0.1, 0.15) is 48.9 Å². The second-order valence-electron chi connectivity index (χ2n) is 5.45. The zero-order chi connectivity index (χ0) is 14.7. The van der Waals surface area contributed by atoms with Gasteiger partial charge in [0, 0.05) is 18.8 Å². The smallest absolute Gasteiger partial charge is 0.337 e. The van der Waals surface area contributed by atoms with Crippen molar-refractivity contribution in [3.05, 3.63) is 23.5 Å². The molecule has 0 aromatic heterocycles. The fourth-order valence-corrected chi connectivity index (χ4v) is 2.87. The number of hydrogen-bond donors (Lipinski definition) is 2. The van der Waals surface area contributed by atoms with Crippen molar-refractivity contribution >= 4 is 17.3 Å². The van der Waals surface area contributed by atoms with E-state index < -0.39 is 11.8 Å². The Labute approximate surface area is 118 Å². The number of nitrogens with zero attached hydrogens (tertiary/aromatic N) is 1. The number of anilines is 2. The lowest BCUT2D eigenvalue weighted by atomic mass is 10.1. The van der Waals surface area contributed by atoms with Gasteiger partial charge in [-0.25, -0.2) is 9.18 Å². The maximum atomic E-state index is 14.1. The second-order valence-corrected chi connectivity index (χ2v) is 5.45. The molecule has 0 unspecified atom stereocenters. The molecule has 0 saturated heterocycles. The average Bonchev–Trinajstić information content (AvgIpc) is 2.66. The first kappa shape index (κ1) is 14.6. The van der Waals surface area contributed by atoms with Crippen LogP contribution >= 0.6 is 0 Å². The molecule has 110 valence electrons. The largest absolute Gasteiger partial charge is 0.478 e. The third kappa shape index (κ3) is 3.03. The third-order valence-electron chi connectivity index (χ3n) is 4.10. The number of carboxylic acids is 1. The molecule has 0 bridgehead atoms. The molecule has 4 nitrogen and oxygen atoms in total. The van der Waals surface area contributed by atoms with Gasteiger partial charge in [-0.05, 0) is 25.0 Å². The number of benzene rings is 1. The number of carboxylic acid groups (broad SMARTS) is 1. The van der Waals surface area contributed by atoms with Crippen molar-refractivity contribution in [3.63, 3.8) is 0 Å². The van der Waals surface area contributed by atoms with E-state index in [9.17, 15) is 9.18 Å². The van der Waals surface area contributed by atoms with Crippen molar-refractivity contribution in [3.8, 4) is 0 Å². The molecule has 0 heterocycles. The van der Waals surface area contributed by atoms with Gasteiger partial charge in [0.1, 0.15) is 5.82 Å². The van der Waals surface area contributed by atoms with Gasteiger partial charge in [0.15, 0.2) is 0 Å². The number of nitrogens with two attached hydrogens (primary N) is 1. The summed E-state index contributed by atoms with van der Waals surface area (Å²) in [7, 11) is 1.83. The molecule has 1 fully saturated rings. The number of rotatable bonds is 3. The van der Waals surface area contributed by atoms with E-state index >= 15 is 0 Å². The molecule has 0 radical (unpaired) electrons. The summed E-state index contributed by atoms with van der Waals surface area (Å²) in [4.78, 5) is 13.0. The Morgan fingerprint density at radius 2 is 1.90 bits per heavy atom. The van der Waals surface area contributed by atoms with Crippen molar-refractivity contribution in [2.45, 2.75) is 44.6 Å². The van der Waals surface area contributed by atoms with E-state index in [2.05, 4.69) is 0 Å². The molecule has 1 aromatic carbocycles. The Balaban J connectivity index is 2.30. The Morgan fingerprint density at radius 3 is 2.45 bits per heavy atom. The number of halogens is 1. The highest BCUT2D eigenvalue weighted by Crippen LogP contribution is 2.30. The third-order valence-corrected chi connectivity index (χ3v) is 4.10. The minimum absolute atomic E-state index is 0.0342. The van der Waals surface area contributed by atoms with E-state index in [1.165, 1.54) is 18.9 Å². The van der Waals surface area contributed by atoms with Crippen LogP contribution in [-0.2, 0) is 0 Å². The number of nitrogen functional groups attached to an aromatic ring is 1. The molecule has 0 atom stereocenters. The summed E-state index contributed by atoms with van der Waals surface area (Å²) in [5.74, 6) is -1.59. The van der Waals surface area contributed by atoms with Crippen molar-refractivity contribution in [1.82, 2.24) is 0 Å². The van der Waals surface area contributed by atoms with Gasteiger partial charge in [-0.3, -0.25) is 0 Å². The molecule has 2 rings (SSSR count). The maximum absolute atomic E-state index is 14.1. The van der Waals surface area contributed by atoms with Gasteiger partial charge in [-0.2, -0.15) is 0 Å². The topological polar surface area (TPSA) is 66.6 Å². The van der Waals surface area contributed by atoms with Crippen LogP contribution in [0.3, 0.4) is 0 Å². The average molecular weight is 280 g/mol. The zero-order valence-corrected chi connectivity index (χ0v) is 11.7. The summed E-state index contributed by atoms with van der Waals surface area (Å²) in [6, 6.07) is 2.71. The van der Waals surface area contributed by atoms with Crippen molar-refractivity contribution in [2.75, 3.05) is 17.7 Å². The summed E-state index contributed by atoms with van der Waals surface area (Å²) < 4.78 is 14.1. The van der Waals surface area contributed by atoms with Gasteiger partial charge in [0.2, 0.25) is 0 Å². The van der Waals surface area contributed by atoms with E-state index in [1.54, 1.807) is 0 Å². The van der Waals surface area contributed by atoms with Gasteiger partial charge in [-0.15, -0.1) is 0 Å². The molecule has 0 aliphatic heterocycles. The van der Waals surface area contributed by atoms with Crippen molar-refractivity contribution < 1.29 is 14.3 Å². The lowest BCUT2D eigenvalue weighted by Crippen LogP contribution is -2.32. The van der Waals surface area contributed by atoms with E-state index in [-0.39, 0.29) is 17.3 Å². The number of hydrogen-bond acceptors (Lipinski definition) is 3. The molecular weight excluding hydrogens is 259 g/mol. The highest BCUT2D eigenvalue weighted by atomic mass is 19.1. The molecule has 5 heteroatoms. The second kappa shape index (κ2) is 6.11. The van der Waals surface area contributed by atoms with Crippen LogP contribution in [0.4, 0.5) is 15.8 Å². The van der Waals surface area contributed by atoms with Crippen LogP contribution in [0, 0.1) is 5.82 Å². The molecule has 1 aliphatic rings. The van der Waals surface area contributed by atoms with Crippen LogP contribution in [0.15, 0.2) is 12.1 Å². The first-order chi connectivity index (χ1) is 9.50. The highest BCUT2D eigenvalue weighted by molar-refractivity contribution is 5.95.